The summed E-state index contributed by atoms with van der Waals surface area (Å²) in [6.45, 7) is 6.48. The molecule has 0 aliphatic carbocycles. The zero-order valence-electron chi connectivity index (χ0n) is 44.9. The number of carbonyl (C=O) groups is 3. The number of hydrogen-bond donors (Lipinski definition) is 0. The number of hydrogen-bond acceptors (Lipinski definition) is 6. The molecule has 6 heteroatoms. The third kappa shape index (κ3) is 53.8. The maximum absolute atomic E-state index is 12.9. The van der Waals surface area contributed by atoms with Crippen molar-refractivity contribution < 1.29 is 28.6 Å². The summed E-state index contributed by atoms with van der Waals surface area (Å²) >= 11 is 0. The minimum absolute atomic E-state index is 0.0980. The lowest BCUT2D eigenvalue weighted by Crippen LogP contribution is -2.30. The van der Waals surface area contributed by atoms with Gasteiger partial charge in [0.2, 0.25) is 0 Å². The molecule has 0 spiro atoms. The smallest absolute Gasteiger partial charge is 0.306 e. The molecular weight excluding hydrogens is 841 g/mol. The average molecular weight is 950 g/mol. The zero-order valence-corrected chi connectivity index (χ0v) is 44.9. The van der Waals surface area contributed by atoms with Gasteiger partial charge in [0.15, 0.2) is 6.10 Å². The lowest BCUT2D eigenvalue weighted by atomic mass is 10.1. The van der Waals surface area contributed by atoms with Crippen molar-refractivity contribution in [3.8, 4) is 0 Å². The SMILES string of the molecule is CC/C=C/C/C=C/C/C=C/CCCCCCCCCCCC(=O)OCC(COC(=O)CC/C=C/C/C=C/CCCCCCCC)OC(=O)CCCCCCC/C=C/CCCCCCCCCCC. The fraction of sp³-hybridized carbons (Fsp3) is 0.758. The summed E-state index contributed by atoms with van der Waals surface area (Å²) in [5.41, 5.74) is 0. The van der Waals surface area contributed by atoms with Crippen LogP contribution in [-0.2, 0) is 28.6 Å². The molecule has 68 heavy (non-hydrogen) atoms. The predicted octanol–water partition coefficient (Wildman–Crippen LogP) is 19.4. The maximum Gasteiger partial charge on any atom is 0.306 e. The van der Waals surface area contributed by atoms with Crippen LogP contribution in [-0.4, -0.2) is 37.2 Å². The molecule has 0 aliphatic heterocycles. The summed E-state index contributed by atoms with van der Waals surface area (Å²) in [6, 6.07) is 0. The van der Waals surface area contributed by atoms with Crippen molar-refractivity contribution in [1.29, 1.82) is 0 Å². The molecule has 0 fully saturated rings. The van der Waals surface area contributed by atoms with Gasteiger partial charge in [-0.3, -0.25) is 14.4 Å². The minimum atomic E-state index is -0.804. The van der Waals surface area contributed by atoms with Gasteiger partial charge in [-0.05, 0) is 96.3 Å². The summed E-state index contributed by atoms with van der Waals surface area (Å²) in [4.78, 5) is 38.1. The van der Waals surface area contributed by atoms with Crippen molar-refractivity contribution in [1.82, 2.24) is 0 Å². The molecule has 6 nitrogen and oxygen atoms in total. The van der Waals surface area contributed by atoms with E-state index in [1.165, 1.54) is 154 Å². The van der Waals surface area contributed by atoms with E-state index in [-0.39, 0.29) is 37.5 Å². The van der Waals surface area contributed by atoms with Crippen LogP contribution in [0.15, 0.2) is 72.9 Å². The number of unbranched alkanes of at least 4 members (excludes halogenated alkanes) is 29. The molecule has 0 aromatic rings. The van der Waals surface area contributed by atoms with Crippen LogP contribution in [0.2, 0.25) is 0 Å². The van der Waals surface area contributed by atoms with Crippen LogP contribution in [0.4, 0.5) is 0 Å². The maximum atomic E-state index is 12.9. The van der Waals surface area contributed by atoms with Gasteiger partial charge in [0.05, 0.1) is 0 Å². The molecular formula is C62H108O6. The number of ether oxygens (including phenoxy) is 3. The van der Waals surface area contributed by atoms with Crippen LogP contribution < -0.4 is 0 Å². The molecule has 0 aromatic carbocycles. The lowest BCUT2D eigenvalue weighted by Gasteiger charge is -2.18. The Kier molecular flexibility index (Phi) is 53.8. The van der Waals surface area contributed by atoms with Crippen molar-refractivity contribution in [3.05, 3.63) is 72.9 Å². The van der Waals surface area contributed by atoms with Crippen molar-refractivity contribution >= 4 is 17.9 Å². The molecule has 1 atom stereocenters. The fourth-order valence-corrected chi connectivity index (χ4v) is 8.09. The van der Waals surface area contributed by atoms with Crippen LogP contribution in [0.25, 0.3) is 0 Å². The largest absolute Gasteiger partial charge is 0.462 e. The van der Waals surface area contributed by atoms with E-state index < -0.39 is 6.10 Å². The van der Waals surface area contributed by atoms with Gasteiger partial charge in [-0.25, -0.2) is 0 Å². The summed E-state index contributed by atoms with van der Waals surface area (Å²) in [5.74, 6) is -0.974. The summed E-state index contributed by atoms with van der Waals surface area (Å²) < 4.78 is 16.8. The molecule has 392 valence electrons. The molecule has 0 aliphatic rings. The van der Waals surface area contributed by atoms with Gasteiger partial charge in [-0.1, -0.05) is 241 Å². The van der Waals surface area contributed by atoms with Crippen LogP contribution >= 0.6 is 0 Å². The predicted molar refractivity (Wildman–Crippen MR) is 293 cm³/mol. The molecule has 0 N–H and O–H groups in total. The molecule has 0 saturated heterocycles. The number of allylic oxidation sites excluding steroid dienone is 12. The first kappa shape index (κ1) is 64.8. The lowest BCUT2D eigenvalue weighted by molar-refractivity contribution is -0.166. The van der Waals surface area contributed by atoms with E-state index in [0.717, 1.165) is 83.5 Å². The standard InChI is InChI=1S/C62H108O6/c1-4-7-10-13-16-19-22-25-27-29-31-33-34-37-40-43-46-49-52-55-61(64)67-58-59(57-66-60(63)54-51-48-45-42-39-36-24-21-18-15-12-9-6-3)68-62(65)56-53-50-47-44-41-38-35-32-30-28-26-23-20-17-14-11-8-5-2/h7,10,16,19,25,27,32,35-36,39,45,48,59H,4-6,8-9,11-15,17-18,20-24,26,28-31,33-34,37-38,40-44,46-47,49-58H2,1-3H3/b10-7+,19-16+,27-25+,35-32+,39-36+,48-45+. The van der Waals surface area contributed by atoms with E-state index in [2.05, 4.69) is 87.6 Å². The molecule has 0 heterocycles. The van der Waals surface area contributed by atoms with Gasteiger partial charge in [0.25, 0.3) is 0 Å². The monoisotopic (exact) mass is 949 g/mol. The van der Waals surface area contributed by atoms with Crippen LogP contribution in [0.3, 0.4) is 0 Å². The third-order valence-corrected chi connectivity index (χ3v) is 12.4. The Morgan fingerprint density at radius 2 is 0.603 bits per heavy atom. The number of carbonyl (C=O) groups excluding carboxylic acids is 3. The highest BCUT2D eigenvalue weighted by molar-refractivity contribution is 5.71. The van der Waals surface area contributed by atoms with Crippen molar-refractivity contribution in [2.45, 2.75) is 290 Å². The molecule has 0 aromatic heterocycles. The zero-order chi connectivity index (χ0) is 49.3. The van der Waals surface area contributed by atoms with E-state index in [1.807, 2.05) is 6.08 Å². The molecule has 0 rings (SSSR count). The Labute approximate surface area is 421 Å². The molecule has 1 unspecified atom stereocenters. The van der Waals surface area contributed by atoms with Crippen molar-refractivity contribution in [3.63, 3.8) is 0 Å². The topological polar surface area (TPSA) is 78.9 Å². The van der Waals surface area contributed by atoms with Crippen molar-refractivity contribution in [2.24, 2.45) is 0 Å². The second-order valence-electron chi connectivity index (χ2n) is 19.2. The first-order chi connectivity index (χ1) is 33.5. The van der Waals surface area contributed by atoms with Gasteiger partial charge in [-0.15, -0.1) is 0 Å². The number of rotatable bonds is 52. The van der Waals surface area contributed by atoms with Crippen molar-refractivity contribution in [2.75, 3.05) is 13.2 Å². The summed E-state index contributed by atoms with van der Waals surface area (Å²) in [6.07, 6.45) is 71.9. The first-order valence-electron chi connectivity index (χ1n) is 28.9. The second kappa shape index (κ2) is 56.4. The Morgan fingerprint density at radius 3 is 1.00 bits per heavy atom. The first-order valence-corrected chi connectivity index (χ1v) is 28.9. The van der Waals surface area contributed by atoms with Crippen LogP contribution in [0.5, 0.6) is 0 Å². The Hall–Kier alpha value is -3.15. The molecule has 0 bridgehead atoms. The molecule has 0 amide bonds. The van der Waals surface area contributed by atoms with E-state index in [0.29, 0.717) is 19.3 Å². The van der Waals surface area contributed by atoms with Gasteiger partial charge < -0.3 is 14.2 Å². The number of esters is 3. The van der Waals surface area contributed by atoms with E-state index in [4.69, 9.17) is 14.2 Å². The highest BCUT2D eigenvalue weighted by Crippen LogP contribution is 2.15. The van der Waals surface area contributed by atoms with Crippen LogP contribution in [0.1, 0.15) is 284 Å². The molecule has 0 radical (unpaired) electrons. The van der Waals surface area contributed by atoms with E-state index >= 15 is 0 Å². The van der Waals surface area contributed by atoms with Gasteiger partial charge in [-0.2, -0.15) is 0 Å². The summed E-state index contributed by atoms with van der Waals surface area (Å²) in [5, 5.41) is 0. The highest BCUT2D eigenvalue weighted by Gasteiger charge is 2.19. The Balaban J connectivity index is 4.41. The van der Waals surface area contributed by atoms with E-state index in [1.54, 1.807) is 0 Å². The quantitative estimate of drug-likeness (QED) is 0.0262. The highest BCUT2D eigenvalue weighted by atomic mass is 16.6. The van der Waals surface area contributed by atoms with Gasteiger partial charge >= 0.3 is 17.9 Å². The Morgan fingerprint density at radius 1 is 0.309 bits per heavy atom. The fourth-order valence-electron chi connectivity index (χ4n) is 8.09. The average Bonchev–Trinajstić information content (AvgIpc) is 3.34. The third-order valence-electron chi connectivity index (χ3n) is 12.4. The Bertz CT molecular complexity index is 1270. The second-order valence-corrected chi connectivity index (χ2v) is 19.2. The van der Waals surface area contributed by atoms with Crippen LogP contribution in [0, 0.1) is 0 Å². The normalized spacial score (nSPS) is 12.6. The van der Waals surface area contributed by atoms with E-state index in [9.17, 15) is 14.4 Å². The molecule has 0 saturated carbocycles. The van der Waals surface area contributed by atoms with Gasteiger partial charge in [0, 0.05) is 19.3 Å². The van der Waals surface area contributed by atoms with Gasteiger partial charge in [0.1, 0.15) is 13.2 Å². The summed E-state index contributed by atoms with van der Waals surface area (Å²) in [7, 11) is 0. The minimum Gasteiger partial charge on any atom is -0.462 e.